The van der Waals surface area contributed by atoms with E-state index in [2.05, 4.69) is 20.6 Å². The monoisotopic (exact) mass is 301 g/mol. The van der Waals surface area contributed by atoms with Crippen LogP contribution in [-0.4, -0.2) is 50.7 Å². The van der Waals surface area contributed by atoms with Crippen LogP contribution in [0.15, 0.2) is 6.20 Å². The zero-order chi connectivity index (χ0) is 15.2. The van der Waals surface area contributed by atoms with Gasteiger partial charge in [0.15, 0.2) is 0 Å². The van der Waals surface area contributed by atoms with Gasteiger partial charge in [-0.05, 0) is 20.1 Å². The second-order valence-corrected chi connectivity index (χ2v) is 5.36. The molecule has 1 aromatic heterocycles. The predicted octanol–water partition coefficient (Wildman–Crippen LogP) is 1.34. The number of aliphatic hydroxyl groups is 1. The van der Waals surface area contributed by atoms with Crippen LogP contribution in [0, 0.1) is 10.1 Å². The molecule has 1 unspecified atom stereocenters. The van der Waals surface area contributed by atoms with E-state index in [1.54, 1.807) is 6.92 Å². The number of rotatable bonds is 8. The number of hydrogen-bond donors (Lipinski definition) is 3. The van der Waals surface area contributed by atoms with Gasteiger partial charge in [0.2, 0.25) is 11.8 Å². The summed E-state index contributed by atoms with van der Waals surface area (Å²) in [5.41, 5.74) is -1.19. The second kappa shape index (κ2) is 7.25. The lowest BCUT2D eigenvalue weighted by Crippen LogP contribution is -2.36. The fourth-order valence-electron chi connectivity index (χ4n) is 1.52. The number of nitro groups is 1. The molecule has 20 heavy (non-hydrogen) atoms. The summed E-state index contributed by atoms with van der Waals surface area (Å²) in [4.78, 5) is 18.3. The zero-order valence-electron chi connectivity index (χ0n) is 11.7. The maximum absolute atomic E-state index is 10.9. The number of aromatic nitrogens is 2. The molecule has 1 rings (SSSR count). The van der Waals surface area contributed by atoms with E-state index in [1.165, 1.54) is 11.8 Å². The summed E-state index contributed by atoms with van der Waals surface area (Å²) in [5, 5.41) is 26.7. The van der Waals surface area contributed by atoms with Crippen LogP contribution < -0.4 is 10.6 Å². The van der Waals surface area contributed by atoms with Gasteiger partial charge in [0.05, 0.1) is 10.5 Å². The fourth-order valence-corrected chi connectivity index (χ4v) is 2.24. The number of nitrogens with zero attached hydrogens (tertiary/aromatic N) is 3. The van der Waals surface area contributed by atoms with Crippen LogP contribution >= 0.6 is 11.8 Å². The molecule has 1 heterocycles. The van der Waals surface area contributed by atoms with Gasteiger partial charge >= 0.3 is 5.69 Å². The highest BCUT2D eigenvalue weighted by atomic mass is 32.2. The van der Waals surface area contributed by atoms with Crippen LogP contribution in [0.4, 0.5) is 17.5 Å². The Balaban J connectivity index is 2.90. The molecule has 0 spiro atoms. The van der Waals surface area contributed by atoms with Gasteiger partial charge in [-0.1, -0.05) is 0 Å². The third-order valence-electron chi connectivity index (χ3n) is 2.39. The van der Waals surface area contributed by atoms with Gasteiger partial charge in [0.25, 0.3) is 0 Å². The van der Waals surface area contributed by atoms with Gasteiger partial charge in [-0.25, -0.2) is 4.98 Å². The second-order valence-electron chi connectivity index (χ2n) is 4.50. The average Bonchev–Trinajstić information content (AvgIpc) is 2.36. The minimum Gasteiger partial charge on any atom is -0.387 e. The molecule has 1 aromatic rings. The van der Waals surface area contributed by atoms with Crippen LogP contribution in [0.1, 0.15) is 13.8 Å². The lowest BCUT2D eigenvalue weighted by molar-refractivity contribution is -0.384. The van der Waals surface area contributed by atoms with Gasteiger partial charge in [-0.15, -0.1) is 0 Å². The SMILES string of the molecule is CCNc1ncc([N+](=O)[O-])c(NCC(C)(O)CSC)n1. The summed E-state index contributed by atoms with van der Waals surface area (Å²) >= 11 is 1.50. The maximum atomic E-state index is 10.9. The molecule has 0 aliphatic rings. The molecule has 0 saturated heterocycles. The van der Waals surface area contributed by atoms with E-state index in [9.17, 15) is 15.2 Å². The Morgan fingerprint density at radius 2 is 2.25 bits per heavy atom. The molecule has 0 amide bonds. The van der Waals surface area contributed by atoms with Gasteiger partial charge < -0.3 is 15.7 Å². The van der Waals surface area contributed by atoms with E-state index in [1.807, 2.05) is 13.2 Å². The minimum absolute atomic E-state index is 0.0994. The molecule has 1 atom stereocenters. The van der Waals surface area contributed by atoms with Crippen molar-refractivity contribution in [3.63, 3.8) is 0 Å². The Hall–Kier alpha value is -1.61. The van der Waals surface area contributed by atoms with Gasteiger partial charge in [0.1, 0.15) is 6.20 Å². The predicted molar refractivity (Wildman–Crippen MR) is 80.3 cm³/mol. The molecule has 0 saturated carbocycles. The van der Waals surface area contributed by atoms with E-state index < -0.39 is 10.5 Å². The smallest absolute Gasteiger partial charge is 0.329 e. The summed E-state index contributed by atoms with van der Waals surface area (Å²) in [5.74, 6) is 0.923. The quantitative estimate of drug-likeness (QED) is 0.487. The van der Waals surface area contributed by atoms with Crippen molar-refractivity contribution in [2.24, 2.45) is 0 Å². The Labute approximate surface area is 121 Å². The molecule has 9 heteroatoms. The van der Waals surface area contributed by atoms with Crippen molar-refractivity contribution in [3.05, 3.63) is 16.3 Å². The summed E-state index contributed by atoms with van der Waals surface area (Å²) < 4.78 is 0. The van der Waals surface area contributed by atoms with E-state index in [4.69, 9.17) is 0 Å². The Morgan fingerprint density at radius 1 is 1.55 bits per heavy atom. The molecule has 3 N–H and O–H groups in total. The average molecular weight is 301 g/mol. The number of hydrogen-bond acceptors (Lipinski definition) is 8. The third kappa shape index (κ3) is 4.82. The number of nitrogens with one attached hydrogen (secondary N) is 2. The van der Waals surface area contributed by atoms with Crippen molar-refractivity contribution in [1.29, 1.82) is 0 Å². The molecule has 0 aromatic carbocycles. The maximum Gasteiger partial charge on any atom is 0.329 e. The van der Waals surface area contributed by atoms with Crippen molar-refractivity contribution in [1.82, 2.24) is 9.97 Å². The summed E-state index contributed by atoms with van der Waals surface area (Å²) in [7, 11) is 0. The minimum atomic E-state index is -0.976. The van der Waals surface area contributed by atoms with Crippen LogP contribution in [0.2, 0.25) is 0 Å². The normalized spacial score (nSPS) is 13.6. The molecule has 0 fully saturated rings. The van der Waals surface area contributed by atoms with Gasteiger partial charge in [0, 0.05) is 18.8 Å². The fraction of sp³-hybridized carbons (Fsp3) is 0.636. The topological polar surface area (TPSA) is 113 Å². The highest BCUT2D eigenvalue weighted by Crippen LogP contribution is 2.23. The molecule has 0 aliphatic heterocycles. The van der Waals surface area contributed by atoms with Crippen molar-refractivity contribution >= 4 is 29.2 Å². The standard InChI is InChI=1S/C11H19N5O3S/c1-4-12-10-13-5-8(16(18)19)9(15-10)14-6-11(2,17)7-20-3/h5,17H,4,6-7H2,1-3H3,(H2,12,13,14,15). The first-order valence-corrected chi connectivity index (χ1v) is 7.49. The first-order chi connectivity index (χ1) is 9.39. The van der Waals surface area contributed by atoms with E-state index >= 15 is 0 Å². The van der Waals surface area contributed by atoms with Crippen molar-refractivity contribution in [3.8, 4) is 0 Å². The molecule has 112 valence electrons. The van der Waals surface area contributed by atoms with E-state index in [0.717, 1.165) is 6.20 Å². The van der Waals surface area contributed by atoms with Crippen LogP contribution in [-0.2, 0) is 0 Å². The van der Waals surface area contributed by atoms with Crippen LogP contribution in [0.25, 0.3) is 0 Å². The third-order valence-corrected chi connectivity index (χ3v) is 3.30. The molecule has 8 nitrogen and oxygen atoms in total. The Kier molecular flexibility index (Phi) is 5.96. The van der Waals surface area contributed by atoms with Crippen molar-refractivity contribution in [2.45, 2.75) is 19.4 Å². The first kappa shape index (κ1) is 16.4. The lowest BCUT2D eigenvalue weighted by Gasteiger charge is -2.22. The lowest BCUT2D eigenvalue weighted by atomic mass is 10.1. The molecule has 0 aliphatic carbocycles. The number of anilines is 2. The molecular formula is C11H19N5O3S. The molecular weight excluding hydrogens is 282 g/mol. The molecule has 0 radical (unpaired) electrons. The highest BCUT2D eigenvalue weighted by molar-refractivity contribution is 7.98. The summed E-state index contributed by atoms with van der Waals surface area (Å²) in [6.45, 7) is 4.31. The van der Waals surface area contributed by atoms with E-state index in [0.29, 0.717) is 18.2 Å². The van der Waals surface area contributed by atoms with Crippen molar-refractivity contribution in [2.75, 3.05) is 35.7 Å². The van der Waals surface area contributed by atoms with E-state index in [-0.39, 0.29) is 18.1 Å². The van der Waals surface area contributed by atoms with Gasteiger partial charge in [-0.2, -0.15) is 16.7 Å². The Bertz CT molecular complexity index is 469. The van der Waals surface area contributed by atoms with Gasteiger partial charge in [-0.3, -0.25) is 10.1 Å². The van der Waals surface area contributed by atoms with Crippen molar-refractivity contribution < 1.29 is 10.0 Å². The largest absolute Gasteiger partial charge is 0.387 e. The van der Waals surface area contributed by atoms with Crippen LogP contribution in [0.5, 0.6) is 0 Å². The zero-order valence-corrected chi connectivity index (χ0v) is 12.5. The highest BCUT2D eigenvalue weighted by Gasteiger charge is 2.23. The Morgan fingerprint density at radius 3 is 2.80 bits per heavy atom. The molecule has 0 bridgehead atoms. The summed E-state index contributed by atoms with van der Waals surface area (Å²) in [6.07, 6.45) is 3.03. The number of thioether (sulfide) groups is 1. The summed E-state index contributed by atoms with van der Waals surface area (Å²) in [6, 6.07) is 0. The van der Waals surface area contributed by atoms with Crippen LogP contribution in [0.3, 0.4) is 0 Å². The first-order valence-electron chi connectivity index (χ1n) is 6.10.